The normalized spacial score (nSPS) is 27.0. The second kappa shape index (κ2) is 3.62. The third kappa shape index (κ3) is 1.54. The van der Waals surface area contributed by atoms with E-state index in [-0.39, 0.29) is 0 Å². The number of anilines is 2. The Hall–Kier alpha value is -1.75. The van der Waals surface area contributed by atoms with E-state index in [1.807, 2.05) is 18.2 Å². The number of nitrogens with zero attached hydrogens (tertiary/aromatic N) is 2. The minimum atomic E-state index is 0.337. The molecule has 2 aliphatic rings. The lowest BCUT2D eigenvalue weighted by molar-refractivity contribution is 0.0289. The first-order chi connectivity index (χ1) is 8.78. The topological polar surface area (TPSA) is 64.5 Å². The van der Waals surface area contributed by atoms with Crippen LogP contribution in [0.1, 0.15) is 12.8 Å². The molecule has 0 spiro atoms. The number of nitrogen functional groups attached to an aromatic ring is 1. The summed E-state index contributed by atoms with van der Waals surface area (Å²) < 4.78 is 11.6. The third-order valence-corrected chi connectivity index (χ3v) is 3.72. The fourth-order valence-corrected chi connectivity index (χ4v) is 2.84. The van der Waals surface area contributed by atoms with Crippen LogP contribution in [0.2, 0.25) is 0 Å². The van der Waals surface area contributed by atoms with Gasteiger partial charge in [0.25, 0.3) is 6.01 Å². The van der Waals surface area contributed by atoms with Gasteiger partial charge in [-0.1, -0.05) is 0 Å². The Labute approximate surface area is 105 Å². The summed E-state index contributed by atoms with van der Waals surface area (Å²) in [6.45, 7) is 1.75. The van der Waals surface area contributed by atoms with Gasteiger partial charge in [-0.05, 0) is 25.0 Å². The first-order valence-electron chi connectivity index (χ1n) is 6.34. The van der Waals surface area contributed by atoms with Crippen LogP contribution in [0.15, 0.2) is 22.6 Å². The zero-order chi connectivity index (χ0) is 12.1. The first-order valence-corrected chi connectivity index (χ1v) is 6.34. The van der Waals surface area contributed by atoms with Crippen LogP contribution in [-0.2, 0) is 4.74 Å². The van der Waals surface area contributed by atoms with Gasteiger partial charge in [-0.15, -0.1) is 0 Å². The highest BCUT2D eigenvalue weighted by Gasteiger charge is 2.35. The SMILES string of the molecule is Nc1ccc2nc(N3CC4CCC(C3)O4)oc2c1. The predicted molar refractivity (Wildman–Crippen MR) is 68.5 cm³/mol. The molecule has 94 valence electrons. The largest absolute Gasteiger partial charge is 0.423 e. The van der Waals surface area contributed by atoms with Crippen molar-refractivity contribution in [3.05, 3.63) is 18.2 Å². The van der Waals surface area contributed by atoms with Gasteiger partial charge in [0.15, 0.2) is 5.58 Å². The van der Waals surface area contributed by atoms with Gasteiger partial charge in [0, 0.05) is 24.8 Å². The summed E-state index contributed by atoms with van der Waals surface area (Å²) in [6, 6.07) is 6.25. The average Bonchev–Trinajstić information content (AvgIpc) is 2.92. The number of hydrogen-bond acceptors (Lipinski definition) is 5. The number of ether oxygens (including phenoxy) is 1. The van der Waals surface area contributed by atoms with Crippen LogP contribution in [-0.4, -0.2) is 30.3 Å². The fraction of sp³-hybridized carbons (Fsp3) is 0.462. The highest BCUT2D eigenvalue weighted by Crippen LogP contribution is 2.31. The molecule has 1 aromatic heterocycles. The quantitative estimate of drug-likeness (QED) is 0.776. The minimum absolute atomic E-state index is 0.337. The molecule has 4 rings (SSSR count). The van der Waals surface area contributed by atoms with Crippen LogP contribution < -0.4 is 10.6 Å². The molecule has 2 atom stereocenters. The van der Waals surface area contributed by atoms with Crippen molar-refractivity contribution in [1.29, 1.82) is 0 Å². The molecule has 0 radical (unpaired) electrons. The highest BCUT2D eigenvalue weighted by molar-refractivity contribution is 5.78. The summed E-state index contributed by atoms with van der Waals surface area (Å²) in [5.41, 5.74) is 8.06. The summed E-state index contributed by atoms with van der Waals surface area (Å²) in [5, 5.41) is 0. The summed E-state index contributed by atoms with van der Waals surface area (Å²) in [6.07, 6.45) is 2.97. The maximum absolute atomic E-state index is 5.81. The van der Waals surface area contributed by atoms with Crippen molar-refractivity contribution in [3.8, 4) is 0 Å². The van der Waals surface area contributed by atoms with Crippen molar-refractivity contribution < 1.29 is 9.15 Å². The van der Waals surface area contributed by atoms with Crippen molar-refractivity contribution in [2.75, 3.05) is 23.7 Å². The molecule has 2 N–H and O–H groups in total. The van der Waals surface area contributed by atoms with E-state index < -0.39 is 0 Å². The monoisotopic (exact) mass is 245 g/mol. The molecule has 0 saturated carbocycles. The fourth-order valence-electron chi connectivity index (χ4n) is 2.84. The van der Waals surface area contributed by atoms with E-state index in [1.54, 1.807) is 0 Å². The molecular weight excluding hydrogens is 230 g/mol. The smallest absolute Gasteiger partial charge is 0.298 e. The lowest BCUT2D eigenvalue weighted by Crippen LogP contribution is -2.42. The maximum Gasteiger partial charge on any atom is 0.298 e. The van der Waals surface area contributed by atoms with Crippen LogP contribution in [0.3, 0.4) is 0 Å². The molecule has 0 amide bonds. The van der Waals surface area contributed by atoms with Crippen molar-refractivity contribution in [1.82, 2.24) is 4.98 Å². The van der Waals surface area contributed by atoms with Crippen LogP contribution in [0.5, 0.6) is 0 Å². The number of oxazole rings is 1. The number of hydrogen-bond donors (Lipinski definition) is 1. The summed E-state index contributed by atoms with van der Waals surface area (Å²) in [4.78, 5) is 6.70. The molecule has 2 aliphatic heterocycles. The summed E-state index contributed by atoms with van der Waals surface area (Å²) in [5.74, 6) is 0. The first kappa shape index (κ1) is 10.2. The molecule has 1 aromatic carbocycles. The van der Waals surface area contributed by atoms with Gasteiger partial charge in [-0.25, -0.2) is 0 Å². The molecule has 2 aromatic rings. The van der Waals surface area contributed by atoms with E-state index in [2.05, 4.69) is 9.88 Å². The van der Waals surface area contributed by atoms with Gasteiger partial charge in [0.05, 0.1) is 12.2 Å². The Morgan fingerprint density at radius 3 is 2.78 bits per heavy atom. The number of aromatic nitrogens is 1. The van der Waals surface area contributed by atoms with E-state index in [1.165, 1.54) is 0 Å². The van der Waals surface area contributed by atoms with Gasteiger partial charge < -0.3 is 19.8 Å². The molecule has 0 aliphatic carbocycles. The van der Waals surface area contributed by atoms with E-state index in [4.69, 9.17) is 14.9 Å². The van der Waals surface area contributed by atoms with Crippen LogP contribution in [0, 0.1) is 0 Å². The molecule has 2 bridgehead atoms. The Balaban J connectivity index is 1.70. The Morgan fingerprint density at radius 1 is 1.22 bits per heavy atom. The molecule has 2 fully saturated rings. The van der Waals surface area contributed by atoms with Crippen molar-refractivity contribution >= 4 is 22.8 Å². The minimum Gasteiger partial charge on any atom is -0.423 e. The van der Waals surface area contributed by atoms with Crippen LogP contribution in [0.4, 0.5) is 11.7 Å². The van der Waals surface area contributed by atoms with Gasteiger partial charge in [-0.2, -0.15) is 4.98 Å². The van der Waals surface area contributed by atoms with Crippen molar-refractivity contribution in [2.45, 2.75) is 25.0 Å². The summed E-state index contributed by atoms with van der Waals surface area (Å²) >= 11 is 0. The Bertz CT molecular complexity index is 583. The average molecular weight is 245 g/mol. The second-order valence-electron chi connectivity index (χ2n) is 5.09. The maximum atomic E-state index is 5.81. The van der Waals surface area contributed by atoms with Crippen molar-refractivity contribution in [2.24, 2.45) is 0 Å². The number of nitrogens with two attached hydrogens (primary N) is 1. The second-order valence-corrected chi connectivity index (χ2v) is 5.09. The molecular formula is C13H15N3O2. The standard InChI is InChI=1S/C13H15N3O2/c14-8-1-4-11-12(5-8)18-13(15-11)16-6-9-2-3-10(7-16)17-9/h1,4-5,9-10H,2-3,6-7,14H2. The number of fused-ring (bicyclic) bond motifs is 3. The summed E-state index contributed by atoms with van der Waals surface area (Å²) in [7, 11) is 0. The van der Waals surface area contributed by atoms with E-state index in [0.29, 0.717) is 23.9 Å². The molecule has 18 heavy (non-hydrogen) atoms. The van der Waals surface area contributed by atoms with E-state index >= 15 is 0 Å². The van der Waals surface area contributed by atoms with Crippen LogP contribution in [0.25, 0.3) is 11.1 Å². The predicted octanol–water partition coefficient (Wildman–Crippen LogP) is 1.78. The third-order valence-electron chi connectivity index (χ3n) is 3.72. The number of benzene rings is 1. The van der Waals surface area contributed by atoms with Crippen molar-refractivity contribution in [3.63, 3.8) is 0 Å². The lowest BCUT2D eigenvalue weighted by atomic mass is 10.2. The van der Waals surface area contributed by atoms with E-state index in [0.717, 1.165) is 37.0 Å². The Morgan fingerprint density at radius 2 is 2.00 bits per heavy atom. The molecule has 2 unspecified atom stereocenters. The molecule has 5 nitrogen and oxygen atoms in total. The van der Waals surface area contributed by atoms with E-state index in [9.17, 15) is 0 Å². The Kier molecular flexibility index (Phi) is 2.05. The molecule has 5 heteroatoms. The number of rotatable bonds is 1. The lowest BCUT2D eigenvalue weighted by Gasteiger charge is -2.30. The number of morpholine rings is 1. The van der Waals surface area contributed by atoms with Gasteiger partial charge >= 0.3 is 0 Å². The molecule has 2 saturated heterocycles. The zero-order valence-electron chi connectivity index (χ0n) is 10.0. The van der Waals surface area contributed by atoms with Crippen LogP contribution >= 0.6 is 0 Å². The molecule has 3 heterocycles. The highest BCUT2D eigenvalue weighted by atomic mass is 16.5. The van der Waals surface area contributed by atoms with Gasteiger partial charge in [0.2, 0.25) is 0 Å². The van der Waals surface area contributed by atoms with Gasteiger partial charge in [0.1, 0.15) is 5.52 Å². The zero-order valence-corrected chi connectivity index (χ0v) is 10.0. The van der Waals surface area contributed by atoms with Gasteiger partial charge in [-0.3, -0.25) is 0 Å².